The molecule has 6 nitrogen and oxygen atoms in total. The Hall–Kier alpha value is -2.37. The second-order valence-electron chi connectivity index (χ2n) is 6.22. The molecule has 0 heterocycles. The van der Waals surface area contributed by atoms with Gasteiger partial charge in [-0.1, -0.05) is 39.8 Å². The fourth-order valence-electron chi connectivity index (χ4n) is 2.12. The van der Waals surface area contributed by atoms with Gasteiger partial charge in [-0.3, -0.25) is 10.1 Å². The lowest BCUT2D eigenvalue weighted by Gasteiger charge is -2.19. The van der Waals surface area contributed by atoms with E-state index in [4.69, 9.17) is 10.5 Å². The molecular weight excluding hydrogens is 296 g/mol. The molecule has 0 fully saturated rings. The zero-order valence-corrected chi connectivity index (χ0v) is 14.0. The van der Waals surface area contributed by atoms with Crippen LogP contribution in [0.2, 0.25) is 0 Å². The Kier molecular flexibility index (Phi) is 6.75. The molecule has 0 saturated carbocycles. The summed E-state index contributed by atoms with van der Waals surface area (Å²) in [5.41, 5.74) is 6.40. The Balaban J connectivity index is 2.78. The predicted molar refractivity (Wildman–Crippen MR) is 86.8 cm³/mol. The minimum atomic E-state index is -1.08. The summed E-state index contributed by atoms with van der Waals surface area (Å²) < 4.78 is 5.22. The van der Waals surface area contributed by atoms with Gasteiger partial charge in [0.25, 0.3) is 5.91 Å². The quantitative estimate of drug-likeness (QED) is 0.785. The third kappa shape index (κ3) is 6.10. The topological polar surface area (TPSA) is 98.5 Å². The zero-order valence-electron chi connectivity index (χ0n) is 14.0. The second-order valence-corrected chi connectivity index (χ2v) is 6.22. The van der Waals surface area contributed by atoms with Crippen LogP contribution in [-0.4, -0.2) is 24.0 Å². The van der Waals surface area contributed by atoms with Gasteiger partial charge in [0, 0.05) is 0 Å². The smallest absolute Gasteiger partial charge is 0.338 e. The molecule has 6 heteroatoms. The molecule has 0 radical (unpaired) electrons. The molecule has 0 aliphatic heterocycles. The highest BCUT2D eigenvalue weighted by molar-refractivity contribution is 5.98. The number of esters is 1. The van der Waals surface area contributed by atoms with E-state index < -0.39 is 24.0 Å². The largest absolute Gasteiger partial charge is 0.448 e. The molecule has 1 rings (SSSR count). The van der Waals surface area contributed by atoms with Gasteiger partial charge in [0.15, 0.2) is 6.10 Å². The zero-order chi connectivity index (χ0) is 17.6. The average Bonchev–Trinajstić information content (AvgIpc) is 2.43. The van der Waals surface area contributed by atoms with Crippen LogP contribution in [0.15, 0.2) is 24.3 Å². The summed E-state index contributed by atoms with van der Waals surface area (Å²) in [5, 5.41) is 1.93. The summed E-state index contributed by atoms with van der Waals surface area (Å²) in [6, 6.07) is 6.09. The van der Waals surface area contributed by atoms with E-state index in [0.29, 0.717) is 11.5 Å². The Morgan fingerprint density at radius 2 is 1.65 bits per heavy atom. The van der Waals surface area contributed by atoms with Crippen molar-refractivity contribution in [2.45, 2.75) is 40.2 Å². The molecule has 1 aromatic rings. The molecule has 0 aliphatic carbocycles. The third-order valence-electron chi connectivity index (χ3n) is 3.18. The van der Waals surface area contributed by atoms with Crippen LogP contribution in [0.3, 0.4) is 0 Å². The van der Waals surface area contributed by atoms with Crippen LogP contribution in [0, 0.1) is 11.8 Å². The lowest BCUT2D eigenvalue weighted by Crippen LogP contribution is -2.45. The average molecular weight is 320 g/mol. The fraction of sp³-hybridized carbons (Fsp3) is 0.471. The second kappa shape index (κ2) is 8.31. The van der Waals surface area contributed by atoms with Crippen molar-refractivity contribution in [2.24, 2.45) is 17.6 Å². The van der Waals surface area contributed by atoms with Crippen molar-refractivity contribution in [1.82, 2.24) is 5.32 Å². The Morgan fingerprint density at radius 3 is 2.09 bits per heavy atom. The maximum atomic E-state index is 12.2. The number of benzene rings is 1. The summed E-state index contributed by atoms with van der Waals surface area (Å²) >= 11 is 0. The van der Waals surface area contributed by atoms with Gasteiger partial charge in [-0.15, -0.1) is 0 Å². The van der Waals surface area contributed by atoms with Crippen molar-refractivity contribution in [1.29, 1.82) is 0 Å². The highest BCUT2D eigenvalue weighted by atomic mass is 16.5. The first-order valence-electron chi connectivity index (χ1n) is 7.61. The molecular formula is C17H24N2O4. The maximum absolute atomic E-state index is 12.2. The number of carbonyl (C=O) groups excluding carboxylic acids is 3. The number of nitrogens with one attached hydrogen (secondary N) is 1. The first-order valence-corrected chi connectivity index (χ1v) is 7.61. The normalized spacial score (nSPS) is 12.1. The molecule has 0 unspecified atom stereocenters. The Bertz CT molecular complexity index is 564. The van der Waals surface area contributed by atoms with Crippen LogP contribution in [0.1, 0.15) is 43.6 Å². The van der Waals surface area contributed by atoms with E-state index in [1.54, 1.807) is 26.0 Å². The SMILES string of the molecule is CC(C)Cc1ccc(C(=O)O[C@H](C(=O)NC(N)=O)C(C)C)cc1. The Morgan fingerprint density at radius 1 is 1.09 bits per heavy atom. The summed E-state index contributed by atoms with van der Waals surface area (Å²) in [5.74, 6) is -1.11. The van der Waals surface area contributed by atoms with Gasteiger partial charge in [0.1, 0.15) is 0 Å². The summed E-state index contributed by atoms with van der Waals surface area (Å²) in [6.07, 6.45) is -0.157. The van der Waals surface area contributed by atoms with Crippen molar-refractivity contribution < 1.29 is 19.1 Å². The summed E-state index contributed by atoms with van der Waals surface area (Å²) in [4.78, 5) is 34.8. The lowest BCUT2D eigenvalue weighted by atomic mass is 10.0. The Labute approximate surface area is 136 Å². The monoisotopic (exact) mass is 320 g/mol. The van der Waals surface area contributed by atoms with E-state index in [9.17, 15) is 14.4 Å². The van der Waals surface area contributed by atoms with Crippen molar-refractivity contribution in [2.75, 3.05) is 0 Å². The van der Waals surface area contributed by atoms with Gasteiger partial charge in [0.2, 0.25) is 0 Å². The summed E-state index contributed by atoms with van der Waals surface area (Å²) in [6.45, 7) is 7.66. The van der Waals surface area contributed by atoms with Gasteiger partial charge < -0.3 is 10.5 Å². The van der Waals surface area contributed by atoms with E-state index in [2.05, 4.69) is 13.8 Å². The van der Waals surface area contributed by atoms with Gasteiger partial charge in [-0.2, -0.15) is 0 Å². The fourth-order valence-corrected chi connectivity index (χ4v) is 2.12. The number of hydrogen-bond acceptors (Lipinski definition) is 4. The molecule has 126 valence electrons. The molecule has 0 saturated heterocycles. The van der Waals surface area contributed by atoms with Gasteiger partial charge in [0.05, 0.1) is 5.56 Å². The first kappa shape index (κ1) is 18.7. The van der Waals surface area contributed by atoms with Crippen LogP contribution >= 0.6 is 0 Å². The number of imide groups is 1. The van der Waals surface area contributed by atoms with Crippen molar-refractivity contribution in [3.05, 3.63) is 35.4 Å². The molecule has 1 atom stereocenters. The molecule has 0 aromatic heterocycles. The number of amides is 3. The molecule has 3 amide bonds. The number of carbonyl (C=O) groups is 3. The highest BCUT2D eigenvalue weighted by Gasteiger charge is 2.27. The number of urea groups is 1. The maximum Gasteiger partial charge on any atom is 0.338 e. The van der Waals surface area contributed by atoms with E-state index in [1.165, 1.54) is 0 Å². The molecule has 1 aromatic carbocycles. The van der Waals surface area contributed by atoms with Crippen LogP contribution in [0.4, 0.5) is 4.79 Å². The van der Waals surface area contributed by atoms with E-state index in [1.807, 2.05) is 17.4 Å². The van der Waals surface area contributed by atoms with Crippen LogP contribution < -0.4 is 11.1 Å². The predicted octanol–water partition coefficient (Wildman–Crippen LogP) is 2.26. The molecule has 0 spiro atoms. The van der Waals surface area contributed by atoms with Crippen molar-refractivity contribution in [3.8, 4) is 0 Å². The minimum Gasteiger partial charge on any atom is -0.448 e. The molecule has 0 aliphatic rings. The standard InChI is InChI=1S/C17H24N2O4/c1-10(2)9-12-5-7-13(8-6-12)16(21)23-14(11(3)4)15(20)19-17(18)22/h5-8,10-11,14H,9H2,1-4H3,(H3,18,19,20,22)/t14-/m0/s1. The molecule has 23 heavy (non-hydrogen) atoms. The number of rotatable bonds is 6. The first-order chi connectivity index (χ1) is 10.7. The number of nitrogens with two attached hydrogens (primary N) is 1. The van der Waals surface area contributed by atoms with Crippen LogP contribution in [-0.2, 0) is 16.0 Å². The van der Waals surface area contributed by atoms with Gasteiger partial charge in [-0.05, 0) is 36.0 Å². The van der Waals surface area contributed by atoms with Crippen LogP contribution in [0.25, 0.3) is 0 Å². The van der Waals surface area contributed by atoms with Crippen molar-refractivity contribution >= 4 is 17.9 Å². The van der Waals surface area contributed by atoms with E-state index >= 15 is 0 Å². The molecule has 0 bridgehead atoms. The third-order valence-corrected chi connectivity index (χ3v) is 3.18. The highest BCUT2D eigenvalue weighted by Crippen LogP contribution is 2.14. The van der Waals surface area contributed by atoms with Crippen molar-refractivity contribution in [3.63, 3.8) is 0 Å². The van der Waals surface area contributed by atoms with E-state index in [-0.39, 0.29) is 5.92 Å². The van der Waals surface area contributed by atoms with Crippen LogP contribution in [0.5, 0.6) is 0 Å². The minimum absolute atomic E-state index is 0.293. The number of ether oxygens (including phenoxy) is 1. The van der Waals surface area contributed by atoms with Gasteiger partial charge in [-0.25, -0.2) is 9.59 Å². The van der Waals surface area contributed by atoms with E-state index in [0.717, 1.165) is 12.0 Å². The number of primary amides is 1. The summed E-state index contributed by atoms with van der Waals surface area (Å²) in [7, 11) is 0. The lowest BCUT2D eigenvalue weighted by molar-refractivity contribution is -0.130. The number of hydrogen-bond donors (Lipinski definition) is 2. The molecule has 3 N–H and O–H groups in total. The van der Waals surface area contributed by atoms with Gasteiger partial charge >= 0.3 is 12.0 Å².